The monoisotopic (exact) mass is 501 g/mol. The number of likely N-dealkylation sites (tertiary alicyclic amines) is 1. The molecule has 3 rings (SSSR count). The van der Waals surface area contributed by atoms with Gasteiger partial charge in [0.15, 0.2) is 23.1 Å². The molecule has 1 saturated heterocycles. The summed E-state index contributed by atoms with van der Waals surface area (Å²) in [5.74, 6) is -3.22. The van der Waals surface area contributed by atoms with E-state index in [1.807, 2.05) is 0 Å². The van der Waals surface area contributed by atoms with E-state index in [9.17, 15) is 26.7 Å². The van der Waals surface area contributed by atoms with Crippen LogP contribution >= 0.6 is 0 Å². The zero-order valence-electron chi connectivity index (χ0n) is 18.6. The number of nitrogens with zero attached hydrogens (tertiary/aromatic N) is 3. The van der Waals surface area contributed by atoms with Gasteiger partial charge in [-0.3, -0.25) is 0 Å². The Morgan fingerprint density at radius 1 is 1.11 bits per heavy atom. The Bertz CT molecular complexity index is 1110. The van der Waals surface area contributed by atoms with Gasteiger partial charge in [-0.25, -0.2) is 23.5 Å². The third kappa shape index (κ3) is 6.84. The summed E-state index contributed by atoms with van der Waals surface area (Å²) in [6, 6.07) is 0.551. The van der Waals surface area contributed by atoms with E-state index >= 15 is 0 Å². The Hall–Kier alpha value is -3.82. The number of hydrogen-bond donors (Lipinski definition) is 0. The van der Waals surface area contributed by atoms with Crippen LogP contribution in [0.25, 0.3) is 0 Å². The van der Waals surface area contributed by atoms with Crippen LogP contribution < -0.4 is 14.2 Å². The molecule has 1 fully saturated rings. The maximum Gasteiger partial charge on any atom is 0.573 e. The van der Waals surface area contributed by atoms with Crippen molar-refractivity contribution in [3.05, 3.63) is 35.7 Å². The molecule has 1 amide bonds. The van der Waals surface area contributed by atoms with E-state index in [4.69, 9.17) is 20.6 Å². The summed E-state index contributed by atoms with van der Waals surface area (Å²) in [4.78, 5) is 21.3. The third-order valence-corrected chi connectivity index (χ3v) is 4.66. The maximum absolute atomic E-state index is 14.3. The van der Waals surface area contributed by atoms with Gasteiger partial charge < -0.3 is 23.8 Å². The highest BCUT2D eigenvalue weighted by atomic mass is 19.4. The number of amides is 1. The van der Waals surface area contributed by atoms with Crippen LogP contribution in [0, 0.1) is 24.0 Å². The first-order valence-electron chi connectivity index (χ1n) is 10.3. The Labute approximate surface area is 197 Å². The van der Waals surface area contributed by atoms with Crippen molar-refractivity contribution in [1.29, 1.82) is 0 Å². The summed E-state index contributed by atoms with van der Waals surface area (Å²) < 4.78 is 84.9. The number of carbonyl (C=O) groups excluding carboxylic acids is 1. The van der Waals surface area contributed by atoms with Gasteiger partial charge in [-0.1, -0.05) is 5.92 Å². The number of rotatable bonds is 6. The minimum atomic E-state index is -5.21. The highest BCUT2D eigenvalue weighted by Gasteiger charge is 2.33. The highest BCUT2D eigenvalue weighted by molar-refractivity contribution is 5.67. The molecule has 2 heterocycles. The molecule has 35 heavy (non-hydrogen) atoms. The van der Waals surface area contributed by atoms with E-state index in [1.165, 1.54) is 0 Å². The van der Waals surface area contributed by atoms with Gasteiger partial charge >= 0.3 is 12.5 Å². The van der Waals surface area contributed by atoms with E-state index in [0.29, 0.717) is 32.0 Å². The fourth-order valence-corrected chi connectivity index (χ4v) is 3.13. The molecule has 8 nitrogen and oxygen atoms in total. The SMILES string of the molecule is C#Cc1c(Oc2cc(F)c(OC(F)(F)F)cc2F)ncnc1OC1CCN(C(=O)OC(C)C)CC1. The van der Waals surface area contributed by atoms with Crippen LogP contribution in [0.1, 0.15) is 32.3 Å². The average molecular weight is 501 g/mol. The van der Waals surface area contributed by atoms with Crippen LogP contribution in [0.5, 0.6) is 23.3 Å². The Morgan fingerprint density at radius 2 is 1.71 bits per heavy atom. The van der Waals surface area contributed by atoms with E-state index in [-0.39, 0.29) is 35.6 Å². The molecule has 2 aromatic rings. The molecule has 0 saturated carbocycles. The lowest BCUT2D eigenvalue weighted by Gasteiger charge is -2.31. The predicted octanol–water partition coefficient (Wildman–Crippen LogP) is 4.82. The molecular formula is C22H20F5N3O5. The van der Waals surface area contributed by atoms with Crippen LogP contribution in [0.4, 0.5) is 26.7 Å². The Kier molecular flexibility index (Phi) is 7.83. The molecule has 0 atom stereocenters. The maximum atomic E-state index is 14.3. The first-order chi connectivity index (χ1) is 16.5. The van der Waals surface area contributed by atoms with Gasteiger partial charge in [0.2, 0.25) is 11.8 Å². The molecule has 1 aliphatic heterocycles. The Morgan fingerprint density at radius 3 is 2.31 bits per heavy atom. The second kappa shape index (κ2) is 10.6. The lowest BCUT2D eigenvalue weighted by atomic mass is 10.1. The van der Waals surface area contributed by atoms with E-state index in [2.05, 4.69) is 20.6 Å². The molecule has 188 valence electrons. The van der Waals surface area contributed by atoms with Crippen molar-refractivity contribution < 1.29 is 45.7 Å². The van der Waals surface area contributed by atoms with E-state index in [0.717, 1.165) is 6.33 Å². The van der Waals surface area contributed by atoms with E-state index < -0.39 is 35.6 Å². The largest absolute Gasteiger partial charge is 0.573 e. The van der Waals surface area contributed by atoms with Gasteiger partial charge in [0, 0.05) is 38.1 Å². The third-order valence-electron chi connectivity index (χ3n) is 4.66. The number of halogens is 5. The quantitative estimate of drug-likeness (QED) is 0.415. The molecule has 1 aromatic heterocycles. The first kappa shape index (κ1) is 25.8. The number of terminal acetylenes is 1. The molecule has 13 heteroatoms. The molecule has 0 bridgehead atoms. The Balaban J connectivity index is 1.72. The van der Waals surface area contributed by atoms with Crippen molar-refractivity contribution in [1.82, 2.24) is 14.9 Å². The normalized spacial score (nSPS) is 14.4. The number of aromatic nitrogens is 2. The lowest BCUT2D eigenvalue weighted by molar-refractivity contribution is -0.275. The number of piperidine rings is 1. The van der Waals surface area contributed by atoms with Crippen LogP contribution in [0.3, 0.4) is 0 Å². The zero-order valence-corrected chi connectivity index (χ0v) is 18.6. The van der Waals surface area contributed by atoms with Gasteiger partial charge in [-0.05, 0) is 13.8 Å². The number of carbonyl (C=O) groups is 1. The van der Waals surface area contributed by atoms with Crippen LogP contribution in [-0.4, -0.2) is 52.6 Å². The van der Waals surface area contributed by atoms with Crippen molar-refractivity contribution in [2.24, 2.45) is 0 Å². The second-order valence-electron chi connectivity index (χ2n) is 7.60. The molecule has 1 aliphatic rings. The molecule has 0 aliphatic carbocycles. The minimum absolute atomic E-state index is 0.0707. The van der Waals surface area contributed by atoms with Crippen molar-refractivity contribution in [3.8, 4) is 35.6 Å². The van der Waals surface area contributed by atoms with Gasteiger partial charge in [0.1, 0.15) is 18.0 Å². The van der Waals surface area contributed by atoms with Crippen LogP contribution in [0.15, 0.2) is 18.5 Å². The van der Waals surface area contributed by atoms with Crippen LogP contribution in [0.2, 0.25) is 0 Å². The molecule has 1 aromatic carbocycles. The number of alkyl halides is 3. The fraction of sp³-hybridized carbons (Fsp3) is 0.409. The summed E-state index contributed by atoms with van der Waals surface area (Å²) in [6.07, 6.45) is 1.14. The van der Waals surface area contributed by atoms with Gasteiger partial charge in [0.05, 0.1) is 6.10 Å². The summed E-state index contributed by atoms with van der Waals surface area (Å²) in [7, 11) is 0. The first-order valence-corrected chi connectivity index (χ1v) is 10.3. The smallest absolute Gasteiger partial charge is 0.473 e. The van der Waals surface area contributed by atoms with E-state index in [1.54, 1.807) is 18.7 Å². The predicted molar refractivity (Wildman–Crippen MR) is 110 cm³/mol. The number of benzene rings is 1. The molecule has 0 radical (unpaired) electrons. The molecular weight excluding hydrogens is 481 g/mol. The fourth-order valence-electron chi connectivity index (χ4n) is 3.13. The van der Waals surface area contributed by atoms with Crippen molar-refractivity contribution in [3.63, 3.8) is 0 Å². The highest BCUT2D eigenvalue weighted by Crippen LogP contribution is 2.35. The summed E-state index contributed by atoms with van der Waals surface area (Å²) in [5.41, 5.74) is -0.121. The molecule has 0 N–H and O–H groups in total. The van der Waals surface area contributed by atoms with Crippen molar-refractivity contribution >= 4 is 6.09 Å². The number of ether oxygens (including phenoxy) is 4. The van der Waals surface area contributed by atoms with Crippen molar-refractivity contribution in [2.75, 3.05) is 13.1 Å². The average Bonchev–Trinajstić information content (AvgIpc) is 2.76. The summed E-state index contributed by atoms with van der Waals surface area (Å²) >= 11 is 0. The molecule has 0 spiro atoms. The second-order valence-corrected chi connectivity index (χ2v) is 7.60. The van der Waals surface area contributed by atoms with Gasteiger partial charge in [-0.2, -0.15) is 0 Å². The van der Waals surface area contributed by atoms with Crippen molar-refractivity contribution in [2.45, 2.75) is 45.3 Å². The topological polar surface area (TPSA) is 83.0 Å². The van der Waals surface area contributed by atoms with Gasteiger partial charge in [-0.15, -0.1) is 19.6 Å². The lowest BCUT2D eigenvalue weighted by Crippen LogP contribution is -2.42. The van der Waals surface area contributed by atoms with Gasteiger partial charge in [0.25, 0.3) is 0 Å². The molecule has 0 unspecified atom stereocenters. The van der Waals surface area contributed by atoms with Crippen LogP contribution in [-0.2, 0) is 4.74 Å². The minimum Gasteiger partial charge on any atom is -0.473 e. The summed E-state index contributed by atoms with van der Waals surface area (Å²) in [5, 5.41) is 0. The zero-order chi connectivity index (χ0) is 25.8. The number of hydrogen-bond acceptors (Lipinski definition) is 7. The summed E-state index contributed by atoms with van der Waals surface area (Å²) in [6.45, 7) is 4.23. The standard InChI is InChI=1S/C22H20F5N3O5/c1-4-14-19(33-13-5-7-30(8-6-13)21(31)32-12(2)3)28-11-29-20(14)34-17-9-16(24)18(10-15(17)23)35-22(25,26)27/h1,9-13H,5-8H2,2-3H3.